The van der Waals surface area contributed by atoms with E-state index in [0.29, 0.717) is 5.56 Å². The molecular formula is C27H26N8O2S. The molecule has 1 saturated carbocycles. The minimum atomic E-state index is -0.476. The van der Waals surface area contributed by atoms with Crippen LogP contribution in [0.15, 0.2) is 65.3 Å². The van der Waals surface area contributed by atoms with Crippen LogP contribution in [0.2, 0.25) is 0 Å². The van der Waals surface area contributed by atoms with E-state index in [0.717, 1.165) is 63.3 Å². The highest BCUT2D eigenvalue weighted by molar-refractivity contribution is 7.99. The van der Waals surface area contributed by atoms with E-state index in [4.69, 9.17) is 10.2 Å². The number of pyridine rings is 2. The standard InChI is InChI=1S/C27H26N8O2S/c1-17-22(12-31-35(17)21-6-4-20(5-7-21)32-26(37)15-36)18-9-25(27-19(10-28)11-30-34(27)14-18)38-24-3-2-8-33-16-29-13-23(24)33/h2-3,8-9,11-14,16,20-21,36H,4-7,15H2,1H3,(H,32,37). The van der Waals surface area contributed by atoms with Crippen LogP contribution in [0.4, 0.5) is 0 Å². The molecule has 5 aromatic heterocycles. The number of hydrogen-bond acceptors (Lipinski definition) is 7. The predicted molar refractivity (Wildman–Crippen MR) is 142 cm³/mol. The number of nitrogens with one attached hydrogen (secondary N) is 1. The van der Waals surface area contributed by atoms with Crippen LogP contribution < -0.4 is 5.32 Å². The van der Waals surface area contributed by atoms with E-state index in [1.165, 1.54) is 0 Å². The van der Waals surface area contributed by atoms with Gasteiger partial charge in [-0.1, -0.05) is 11.8 Å². The largest absolute Gasteiger partial charge is 0.387 e. The highest BCUT2D eigenvalue weighted by Crippen LogP contribution is 2.39. The quantitative estimate of drug-likeness (QED) is 0.345. The van der Waals surface area contributed by atoms with Gasteiger partial charge in [-0.25, -0.2) is 9.50 Å². The topological polar surface area (TPSA) is 126 Å². The fraction of sp³-hybridized carbons (Fsp3) is 0.296. The van der Waals surface area contributed by atoms with Crippen molar-refractivity contribution in [1.29, 1.82) is 5.26 Å². The van der Waals surface area contributed by atoms with E-state index in [9.17, 15) is 10.1 Å². The molecule has 1 aliphatic rings. The van der Waals surface area contributed by atoms with Gasteiger partial charge in [0.15, 0.2) is 0 Å². The highest BCUT2D eigenvalue weighted by atomic mass is 32.2. The molecule has 1 fully saturated rings. The van der Waals surface area contributed by atoms with Crippen LogP contribution in [0.3, 0.4) is 0 Å². The van der Waals surface area contributed by atoms with Crippen molar-refractivity contribution in [2.75, 3.05) is 6.61 Å². The predicted octanol–water partition coefficient (Wildman–Crippen LogP) is 3.77. The van der Waals surface area contributed by atoms with Crippen LogP contribution in [-0.2, 0) is 4.79 Å². The second-order valence-electron chi connectivity index (χ2n) is 9.54. The van der Waals surface area contributed by atoms with Crippen molar-refractivity contribution in [2.24, 2.45) is 0 Å². The van der Waals surface area contributed by atoms with Gasteiger partial charge in [0.05, 0.1) is 47.6 Å². The lowest BCUT2D eigenvalue weighted by atomic mass is 9.91. The summed E-state index contributed by atoms with van der Waals surface area (Å²) < 4.78 is 5.84. The first-order valence-electron chi connectivity index (χ1n) is 12.5. The molecule has 0 atom stereocenters. The van der Waals surface area contributed by atoms with E-state index in [2.05, 4.69) is 45.2 Å². The molecule has 1 aliphatic carbocycles. The Balaban J connectivity index is 1.33. The number of aliphatic hydroxyl groups excluding tert-OH is 1. The van der Waals surface area contributed by atoms with Crippen LogP contribution in [0.25, 0.3) is 22.2 Å². The Labute approximate surface area is 222 Å². The van der Waals surface area contributed by atoms with E-state index in [-0.39, 0.29) is 18.0 Å². The number of hydrogen-bond donors (Lipinski definition) is 2. The number of aromatic nitrogens is 6. The molecule has 0 spiro atoms. The van der Waals surface area contributed by atoms with Gasteiger partial charge >= 0.3 is 0 Å². The van der Waals surface area contributed by atoms with Crippen molar-refractivity contribution in [3.63, 3.8) is 0 Å². The van der Waals surface area contributed by atoms with Gasteiger partial charge < -0.3 is 14.8 Å². The van der Waals surface area contributed by atoms with Crippen LogP contribution >= 0.6 is 11.8 Å². The van der Waals surface area contributed by atoms with Gasteiger partial charge in [0.2, 0.25) is 5.91 Å². The third-order valence-electron chi connectivity index (χ3n) is 7.24. The number of carbonyl (C=O) groups excluding carboxylic acids is 1. The first-order chi connectivity index (χ1) is 18.6. The fourth-order valence-electron chi connectivity index (χ4n) is 5.33. The molecule has 5 heterocycles. The molecule has 0 unspecified atom stereocenters. The molecule has 0 aliphatic heterocycles. The molecule has 5 aromatic rings. The van der Waals surface area contributed by atoms with Crippen LogP contribution in [0.1, 0.15) is 43.0 Å². The number of nitrogens with zero attached hydrogens (tertiary/aromatic N) is 7. The summed E-state index contributed by atoms with van der Waals surface area (Å²) in [5.74, 6) is -0.322. The Morgan fingerprint density at radius 1 is 1.21 bits per heavy atom. The summed E-state index contributed by atoms with van der Waals surface area (Å²) in [6, 6.07) is 8.76. The van der Waals surface area contributed by atoms with Gasteiger partial charge in [0.1, 0.15) is 12.7 Å². The number of rotatable bonds is 6. The van der Waals surface area contributed by atoms with Gasteiger partial charge in [0.25, 0.3) is 0 Å². The summed E-state index contributed by atoms with van der Waals surface area (Å²) in [4.78, 5) is 17.8. The average Bonchev–Trinajstić information content (AvgIpc) is 3.67. The maximum absolute atomic E-state index is 11.5. The summed E-state index contributed by atoms with van der Waals surface area (Å²) in [7, 11) is 0. The smallest absolute Gasteiger partial charge is 0.245 e. The zero-order valence-corrected chi connectivity index (χ0v) is 21.6. The van der Waals surface area contributed by atoms with Gasteiger partial charge in [-0.05, 0) is 50.8 Å². The molecule has 10 nitrogen and oxygen atoms in total. The Kier molecular flexibility index (Phi) is 6.35. The lowest BCUT2D eigenvalue weighted by molar-refractivity contribution is -0.124. The zero-order valence-electron chi connectivity index (χ0n) is 20.8. The molecule has 1 amide bonds. The number of carbonyl (C=O) groups is 1. The Morgan fingerprint density at radius 3 is 2.84 bits per heavy atom. The average molecular weight is 527 g/mol. The van der Waals surface area contributed by atoms with Crippen molar-refractivity contribution >= 4 is 28.7 Å². The maximum atomic E-state index is 11.5. The second kappa shape index (κ2) is 9.96. The first kappa shape index (κ1) is 24.2. The third kappa shape index (κ3) is 4.31. The van der Waals surface area contributed by atoms with E-state index >= 15 is 0 Å². The number of amides is 1. The van der Waals surface area contributed by atoms with Crippen LogP contribution in [0.5, 0.6) is 0 Å². The van der Waals surface area contributed by atoms with Crippen LogP contribution in [-0.4, -0.2) is 52.4 Å². The van der Waals surface area contributed by atoms with E-state index in [1.807, 2.05) is 35.3 Å². The molecule has 2 N–H and O–H groups in total. The van der Waals surface area contributed by atoms with Crippen molar-refractivity contribution in [2.45, 2.75) is 54.5 Å². The van der Waals surface area contributed by atoms with Crippen molar-refractivity contribution in [3.05, 3.63) is 66.8 Å². The van der Waals surface area contributed by atoms with Crippen LogP contribution in [0, 0.1) is 18.3 Å². The summed E-state index contributed by atoms with van der Waals surface area (Å²) in [6.07, 6.45) is 14.5. The molecule has 0 aromatic carbocycles. The Bertz CT molecular complexity index is 1690. The van der Waals surface area contributed by atoms with Gasteiger partial charge in [-0.2, -0.15) is 15.5 Å². The molecule has 0 bridgehead atoms. The molecule has 192 valence electrons. The van der Waals surface area contributed by atoms with Gasteiger partial charge in [-0.3, -0.25) is 9.48 Å². The number of aliphatic hydroxyl groups is 1. The highest BCUT2D eigenvalue weighted by Gasteiger charge is 2.26. The van der Waals surface area contributed by atoms with E-state index in [1.54, 1.807) is 28.8 Å². The summed E-state index contributed by atoms with van der Waals surface area (Å²) >= 11 is 1.59. The third-order valence-corrected chi connectivity index (χ3v) is 8.33. The minimum absolute atomic E-state index is 0.0950. The Morgan fingerprint density at radius 2 is 2.05 bits per heavy atom. The first-order valence-corrected chi connectivity index (χ1v) is 13.3. The maximum Gasteiger partial charge on any atom is 0.245 e. The summed E-state index contributed by atoms with van der Waals surface area (Å²) in [5.41, 5.74) is 5.34. The summed E-state index contributed by atoms with van der Waals surface area (Å²) in [6.45, 7) is 1.60. The van der Waals surface area contributed by atoms with Crippen molar-refractivity contribution < 1.29 is 9.90 Å². The lowest BCUT2D eigenvalue weighted by Crippen LogP contribution is -2.39. The molecule has 0 radical (unpaired) electrons. The van der Waals surface area contributed by atoms with E-state index < -0.39 is 6.61 Å². The zero-order chi connectivity index (χ0) is 26.2. The van der Waals surface area contributed by atoms with Gasteiger partial charge in [-0.15, -0.1) is 0 Å². The number of nitriles is 1. The normalized spacial score (nSPS) is 17.6. The monoisotopic (exact) mass is 526 g/mol. The van der Waals surface area contributed by atoms with Gasteiger partial charge in [0, 0.05) is 45.0 Å². The molecule has 6 rings (SSSR count). The molecule has 0 saturated heterocycles. The number of fused-ring (bicyclic) bond motifs is 2. The lowest BCUT2D eigenvalue weighted by Gasteiger charge is -2.30. The summed E-state index contributed by atoms with van der Waals surface area (Å²) in [5, 5.41) is 30.9. The SMILES string of the molecule is Cc1c(-c2cc(Sc3cccn4cncc34)c3c(C#N)cnn3c2)cnn1C1CCC(NC(=O)CO)CC1. The second-order valence-corrected chi connectivity index (χ2v) is 10.6. The molecule has 38 heavy (non-hydrogen) atoms. The Hall–Kier alpha value is -4.14. The number of imidazole rings is 1. The van der Waals surface area contributed by atoms with Crippen molar-refractivity contribution in [1.82, 2.24) is 34.1 Å². The fourth-order valence-corrected chi connectivity index (χ4v) is 6.46. The molecular weight excluding hydrogens is 500 g/mol. The van der Waals surface area contributed by atoms with Crippen molar-refractivity contribution in [3.8, 4) is 17.2 Å². The minimum Gasteiger partial charge on any atom is -0.387 e. The molecule has 11 heteroatoms.